The van der Waals surface area contributed by atoms with Gasteiger partial charge < -0.3 is 10.4 Å². The van der Waals surface area contributed by atoms with Crippen molar-refractivity contribution in [1.82, 2.24) is 4.72 Å². The monoisotopic (exact) mass is 330 g/mol. The number of amides is 1. The molecule has 0 saturated carbocycles. The Balaban J connectivity index is 2.17. The maximum Gasteiger partial charge on any atom is 0.303 e. The molecule has 0 atom stereocenters. The molecule has 0 fully saturated rings. The second-order valence-electron chi connectivity index (χ2n) is 4.88. The minimum absolute atomic E-state index is 0.0953. The van der Waals surface area contributed by atoms with Crippen molar-refractivity contribution in [3.63, 3.8) is 0 Å². The number of hydrogen-bond donors (Lipinski definition) is 3. The van der Waals surface area contributed by atoms with Gasteiger partial charge in [0.25, 0.3) is 0 Å². The number of aliphatic carboxylic acids is 1. The average molecular weight is 330 g/mol. The molecule has 1 aliphatic heterocycles. The van der Waals surface area contributed by atoms with Gasteiger partial charge in [0.2, 0.25) is 15.9 Å². The third kappa shape index (κ3) is 3.80. The number of carboxylic acids is 1. The average Bonchev–Trinajstić information content (AvgIpc) is 2.42. The molecule has 120 valence electrons. The van der Waals surface area contributed by atoms with E-state index in [1.807, 2.05) is 0 Å². The molecule has 3 N–H and O–H groups in total. The SMILES string of the molecule is O=C(O)CCCNS(=O)(=O)c1cc2c(cc1F)NC(=O)CC2. The van der Waals surface area contributed by atoms with Crippen LogP contribution in [0.3, 0.4) is 0 Å². The van der Waals surface area contributed by atoms with E-state index in [1.165, 1.54) is 6.07 Å². The van der Waals surface area contributed by atoms with Crippen LogP contribution in [0.4, 0.5) is 10.1 Å². The number of rotatable bonds is 6. The molecule has 9 heteroatoms. The fourth-order valence-electron chi connectivity index (χ4n) is 2.11. The fourth-order valence-corrected chi connectivity index (χ4v) is 3.29. The summed E-state index contributed by atoms with van der Waals surface area (Å²) in [6, 6.07) is 2.18. The number of hydrogen-bond acceptors (Lipinski definition) is 4. The minimum atomic E-state index is -4.07. The van der Waals surface area contributed by atoms with Gasteiger partial charge in [0.05, 0.1) is 0 Å². The quantitative estimate of drug-likeness (QED) is 0.670. The van der Waals surface area contributed by atoms with Crippen molar-refractivity contribution >= 4 is 27.6 Å². The Bertz CT molecular complexity index is 717. The predicted octanol–water partition coefficient (Wildman–Crippen LogP) is 0.854. The van der Waals surface area contributed by atoms with E-state index in [9.17, 15) is 22.4 Å². The van der Waals surface area contributed by atoms with Gasteiger partial charge in [-0.25, -0.2) is 17.5 Å². The number of benzene rings is 1. The molecule has 0 saturated heterocycles. The van der Waals surface area contributed by atoms with Crippen molar-refractivity contribution in [2.45, 2.75) is 30.6 Å². The zero-order chi connectivity index (χ0) is 16.3. The van der Waals surface area contributed by atoms with Gasteiger partial charge in [-0.1, -0.05) is 0 Å². The lowest BCUT2D eigenvalue weighted by atomic mass is 10.0. The first-order chi connectivity index (χ1) is 10.3. The third-order valence-electron chi connectivity index (χ3n) is 3.20. The Morgan fingerprint density at radius 2 is 2.09 bits per heavy atom. The summed E-state index contributed by atoms with van der Waals surface area (Å²) in [5, 5.41) is 11.0. The van der Waals surface area contributed by atoms with Gasteiger partial charge in [-0.3, -0.25) is 9.59 Å². The molecule has 0 unspecified atom stereocenters. The zero-order valence-corrected chi connectivity index (χ0v) is 12.4. The first-order valence-corrected chi connectivity index (χ1v) is 8.11. The number of aryl methyl sites for hydroxylation is 1. The summed E-state index contributed by atoms with van der Waals surface area (Å²) in [6.07, 6.45) is 0.478. The van der Waals surface area contributed by atoms with Crippen LogP contribution in [0.15, 0.2) is 17.0 Å². The van der Waals surface area contributed by atoms with Gasteiger partial charge in [0.1, 0.15) is 10.7 Å². The van der Waals surface area contributed by atoms with Crippen LogP contribution in [-0.4, -0.2) is 31.9 Å². The van der Waals surface area contributed by atoms with Crippen molar-refractivity contribution in [1.29, 1.82) is 0 Å². The van der Waals surface area contributed by atoms with Crippen molar-refractivity contribution in [3.05, 3.63) is 23.5 Å². The number of sulfonamides is 1. The van der Waals surface area contributed by atoms with Crippen molar-refractivity contribution in [3.8, 4) is 0 Å². The molecule has 22 heavy (non-hydrogen) atoms. The van der Waals surface area contributed by atoms with Crippen LogP contribution in [0, 0.1) is 5.82 Å². The van der Waals surface area contributed by atoms with Crippen LogP contribution in [0.2, 0.25) is 0 Å². The molecule has 1 aliphatic rings. The Morgan fingerprint density at radius 3 is 2.77 bits per heavy atom. The summed E-state index contributed by atoms with van der Waals surface area (Å²) in [6.45, 7) is -0.0953. The van der Waals surface area contributed by atoms with E-state index < -0.39 is 26.7 Å². The van der Waals surface area contributed by atoms with Gasteiger partial charge in [-0.2, -0.15) is 0 Å². The van der Waals surface area contributed by atoms with E-state index in [-0.39, 0.29) is 37.4 Å². The fraction of sp³-hybridized carbons (Fsp3) is 0.385. The molecule has 1 amide bonds. The highest BCUT2D eigenvalue weighted by Crippen LogP contribution is 2.28. The topological polar surface area (TPSA) is 113 Å². The largest absolute Gasteiger partial charge is 0.481 e. The van der Waals surface area contributed by atoms with Crippen molar-refractivity contribution < 1.29 is 27.5 Å². The van der Waals surface area contributed by atoms with E-state index in [1.54, 1.807) is 0 Å². The van der Waals surface area contributed by atoms with Crippen LogP contribution >= 0.6 is 0 Å². The Morgan fingerprint density at radius 1 is 1.36 bits per heavy atom. The molecule has 1 aromatic rings. The van der Waals surface area contributed by atoms with Crippen LogP contribution in [0.1, 0.15) is 24.8 Å². The van der Waals surface area contributed by atoms with E-state index >= 15 is 0 Å². The number of anilines is 1. The summed E-state index contributed by atoms with van der Waals surface area (Å²) in [7, 11) is -4.07. The first kappa shape index (κ1) is 16.4. The van der Waals surface area contributed by atoms with Crippen LogP contribution in [0.25, 0.3) is 0 Å². The molecule has 1 aromatic carbocycles. The lowest BCUT2D eigenvalue weighted by molar-refractivity contribution is -0.137. The second-order valence-corrected chi connectivity index (χ2v) is 6.62. The van der Waals surface area contributed by atoms with E-state index in [0.29, 0.717) is 12.0 Å². The standard InChI is InChI=1S/C13H15FN2O5S/c14-9-7-10-8(3-4-12(17)16-10)6-11(9)22(20,21)15-5-1-2-13(18)19/h6-7,15H,1-5H2,(H,16,17)(H,18,19). The van der Waals surface area contributed by atoms with E-state index in [2.05, 4.69) is 10.0 Å². The lowest BCUT2D eigenvalue weighted by Gasteiger charge is -2.18. The molecule has 0 aromatic heterocycles. The number of carbonyl (C=O) groups is 2. The molecule has 2 rings (SSSR count). The summed E-state index contributed by atoms with van der Waals surface area (Å²) in [5.41, 5.74) is 0.825. The van der Waals surface area contributed by atoms with Crippen LogP contribution in [0.5, 0.6) is 0 Å². The van der Waals surface area contributed by atoms with Gasteiger partial charge >= 0.3 is 5.97 Å². The Hall–Kier alpha value is -2.00. The van der Waals surface area contributed by atoms with Gasteiger partial charge in [0.15, 0.2) is 0 Å². The highest BCUT2D eigenvalue weighted by Gasteiger charge is 2.24. The second kappa shape index (κ2) is 6.41. The highest BCUT2D eigenvalue weighted by molar-refractivity contribution is 7.89. The van der Waals surface area contributed by atoms with Gasteiger partial charge in [0, 0.05) is 25.1 Å². The molecule has 7 nitrogen and oxygen atoms in total. The predicted molar refractivity (Wildman–Crippen MR) is 75.4 cm³/mol. The minimum Gasteiger partial charge on any atom is -0.481 e. The summed E-state index contributed by atoms with van der Waals surface area (Å²) >= 11 is 0. The van der Waals surface area contributed by atoms with Gasteiger partial charge in [-0.15, -0.1) is 0 Å². The van der Waals surface area contributed by atoms with Crippen LogP contribution in [-0.2, 0) is 26.0 Å². The summed E-state index contributed by atoms with van der Waals surface area (Å²) < 4.78 is 40.3. The molecule has 0 radical (unpaired) electrons. The highest BCUT2D eigenvalue weighted by atomic mass is 32.2. The number of nitrogens with one attached hydrogen (secondary N) is 2. The van der Waals surface area contributed by atoms with Gasteiger partial charge in [-0.05, 0) is 30.5 Å². The first-order valence-electron chi connectivity index (χ1n) is 6.63. The number of carbonyl (C=O) groups excluding carboxylic acids is 1. The van der Waals surface area contributed by atoms with Crippen molar-refractivity contribution in [2.75, 3.05) is 11.9 Å². The third-order valence-corrected chi connectivity index (χ3v) is 4.68. The van der Waals surface area contributed by atoms with Crippen molar-refractivity contribution in [2.24, 2.45) is 0 Å². The summed E-state index contributed by atoms with van der Waals surface area (Å²) in [5.74, 6) is -2.24. The number of halogens is 1. The molecule has 0 bridgehead atoms. The molecular weight excluding hydrogens is 315 g/mol. The Kier molecular flexibility index (Phi) is 4.77. The number of carboxylic acid groups (broad SMARTS) is 1. The van der Waals surface area contributed by atoms with Crippen LogP contribution < -0.4 is 10.0 Å². The maximum absolute atomic E-state index is 14.0. The molecule has 0 aliphatic carbocycles. The smallest absolute Gasteiger partial charge is 0.303 e. The number of fused-ring (bicyclic) bond motifs is 1. The molecular formula is C13H15FN2O5S. The molecule has 0 spiro atoms. The van der Waals surface area contributed by atoms with E-state index in [4.69, 9.17) is 5.11 Å². The Labute approximate surface area is 126 Å². The normalized spacial score (nSPS) is 14.3. The molecule has 1 heterocycles. The lowest BCUT2D eigenvalue weighted by Crippen LogP contribution is -2.27. The maximum atomic E-state index is 14.0. The van der Waals surface area contributed by atoms with E-state index in [0.717, 1.165) is 6.07 Å². The summed E-state index contributed by atoms with van der Waals surface area (Å²) in [4.78, 5) is 21.1. The zero-order valence-electron chi connectivity index (χ0n) is 11.6.